The third-order valence-electron chi connectivity index (χ3n) is 3.98. The van der Waals surface area contributed by atoms with Gasteiger partial charge in [0.05, 0.1) is 19.1 Å². The zero-order valence-corrected chi connectivity index (χ0v) is 15.9. The number of carbonyl (C=O) groups excluding carboxylic acids is 2. The maximum Gasteiger partial charge on any atom is 0.331 e. The first-order valence-corrected chi connectivity index (χ1v) is 8.46. The molecule has 0 aromatic heterocycles. The smallest absolute Gasteiger partial charge is 0.331 e. The quantitative estimate of drug-likeness (QED) is 0.298. The normalized spacial score (nSPS) is 11.1. The van der Waals surface area contributed by atoms with Crippen molar-refractivity contribution in [2.24, 2.45) is 0 Å². The van der Waals surface area contributed by atoms with E-state index in [4.69, 9.17) is 14.2 Å². The van der Waals surface area contributed by atoms with Crippen molar-refractivity contribution >= 4 is 17.6 Å². The van der Waals surface area contributed by atoms with Crippen molar-refractivity contribution in [2.75, 3.05) is 14.2 Å². The fourth-order valence-corrected chi connectivity index (χ4v) is 2.58. The minimum Gasteiger partial charge on any atom is -0.493 e. The van der Waals surface area contributed by atoms with Crippen LogP contribution in [0.25, 0.3) is 0 Å². The number of esters is 1. The summed E-state index contributed by atoms with van der Waals surface area (Å²) >= 11 is 0. The van der Waals surface area contributed by atoms with E-state index in [1.54, 1.807) is 18.2 Å². The Morgan fingerprint density at radius 1 is 1.17 bits per heavy atom. The standard InChI is InChI=1S/C20H20N2O7/c1-4-17(23)29-19(13-8-10-15(11-9-13)22(25)26)20(24)21-12-14-6-5-7-16(27-2)18(14)28-3/h4-11,19H,1,12H2,2-3H3,(H,21,24). The summed E-state index contributed by atoms with van der Waals surface area (Å²) in [7, 11) is 2.98. The van der Waals surface area contributed by atoms with Crippen LogP contribution in [0.15, 0.2) is 55.1 Å². The van der Waals surface area contributed by atoms with Crippen molar-refractivity contribution in [2.45, 2.75) is 12.6 Å². The van der Waals surface area contributed by atoms with Crippen LogP contribution in [0, 0.1) is 10.1 Å². The van der Waals surface area contributed by atoms with Crippen molar-refractivity contribution in [3.8, 4) is 11.5 Å². The van der Waals surface area contributed by atoms with Gasteiger partial charge in [-0.2, -0.15) is 0 Å². The fourth-order valence-electron chi connectivity index (χ4n) is 2.58. The Morgan fingerprint density at radius 3 is 2.41 bits per heavy atom. The molecule has 0 aliphatic carbocycles. The molecular weight excluding hydrogens is 380 g/mol. The van der Waals surface area contributed by atoms with E-state index in [9.17, 15) is 19.7 Å². The Hall–Kier alpha value is -3.88. The zero-order chi connectivity index (χ0) is 21.4. The summed E-state index contributed by atoms with van der Waals surface area (Å²) in [5, 5.41) is 13.5. The first-order chi connectivity index (χ1) is 13.9. The van der Waals surface area contributed by atoms with E-state index >= 15 is 0 Å². The van der Waals surface area contributed by atoms with Crippen molar-refractivity contribution in [3.63, 3.8) is 0 Å². The number of nitrogens with one attached hydrogen (secondary N) is 1. The van der Waals surface area contributed by atoms with Crippen LogP contribution in [0.1, 0.15) is 17.2 Å². The van der Waals surface area contributed by atoms with Crippen molar-refractivity contribution in [3.05, 3.63) is 76.4 Å². The summed E-state index contributed by atoms with van der Waals surface area (Å²) in [4.78, 5) is 34.6. The van der Waals surface area contributed by atoms with Crippen molar-refractivity contribution < 1.29 is 28.7 Å². The van der Waals surface area contributed by atoms with Crippen LogP contribution in [-0.4, -0.2) is 31.0 Å². The molecule has 2 aromatic rings. The summed E-state index contributed by atoms with van der Waals surface area (Å²) in [6, 6.07) is 10.4. The summed E-state index contributed by atoms with van der Waals surface area (Å²) < 4.78 is 15.7. The van der Waals surface area contributed by atoms with Gasteiger partial charge in [-0.25, -0.2) is 4.79 Å². The maximum absolute atomic E-state index is 12.7. The van der Waals surface area contributed by atoms with Gasteiger partial charge in [-0.1, -0.05) is 18.7 Å². The van der Waals surface area contributed by atoms with Gasteiger partial charge in [-0.3, -0.25) is 14.9 Å². The summed E-state index contributed by atoms with van der Waals surface area (Å²) in [6.07, 6.45) is -0.380. The number of carbonyl (C=O) groups is 2. The van der Waals surface area contributed by atoms with Crippen LogP contribution in [0.4, 0.5) is 5.69 Å². The molecule has 9 nitrogen and oxygen atoms in total. The number of nitro groups is 1. The maximum atomic E-state index is 12.7. The van der Waals surface area contributed by atoms with Gasteiger partial charge in [0, 0.05) is 35.9 Å². The fraction of sp³-hybridized carbons (Fsp3) is 0.200. The second-order valence-electron chi connectivity index (χ2n) is 5.74. The van der Waals surface area contributed by atoms with E-state index in [1.807, 2.05) is 0 Å². The van der Waals surface area contributed by atoms with E-state index in [-0.39, 0.29) is 17.8 Å². The van der Waals surface area contributed by atoms with Crippen molar-refractivity contribution in [1.29, 1.82) is 0 Å². The second kappa shape index (κ2) is 9.88. The number of hydrogen-bond acceptors (Lipinski definition) is 7. The summed E-state index contributed by atoms with van der Waals surface area (Å²) in [6.45, 7) is 3.39. The first-order valence-electron chi connectivity index (χ1n) is 8.46. The van der Waals surface area contributed by atoms with Crippen LogP contribution < -0.4 is 14.8 Å². The predicted molar refractivity (Wildman–Crippen MR) is 104 cm³/mol. The number of methoxy groups -OCH3 is 2. The average molecular weight is 400 g/mol. The Morgan fingerprint density at radius 2 is 1.86 bits per heavy atom. The second-order valence-corrected chi connectivity index (χ2v) is 5.74. The SMILES string of the molecule is C=CC(=O)OC(C(=O)NCc1cccc(OC)c1OC)c1ccc([N+](=O)[O-])cc1. The Bertz CT molecular complexity index is 910. The Labute approximate surface area is 167 Å². The monoisotopic (exact) mass is 400 g/mol. The van der Waals surface area contributed by atoms with E-state index in [0.717, 1.165) is 6.08 Å². The Balaban J connectivity index is 2.23. The number of amides is 1. The van der Waals surface area contributed by atoms with Gasteiger partial charge in [0.2, 0.25) is 6.10 Å². The highest BCUT2D eigenvalue weighted by molar-refractivity contribution is 5.88. The molecule has 0 fully saturated rings. The van der Waals surface area contributed by atoms with Gasteiger partial charge in [0.15, 0.2) is 11.5 Å². The molecule has 2 aromatic carbocycles. The van der Waals surface area contributed by atoms with Crippen LogP contribution >= 0.6 is 0 Å². The molecule has 0 saturated heterocycles. The lowest BCUT2D eigenvalue weighted by molar-refractivity contribution is -0.384. The molecular formula is C20H20N2O7. The first kappa shape index (κ1) is 21.4. The number of para-hydroxylation sites is 1. The number of non-ortho nitro benzene ring substituents is 1. The molecule has 0 saturated carbocycles. The molecule has 152 valence electrons. The van der Waals surface area contributed by atoms with Gasteiger partial charge >= 0.3 is 5.97 Å². The van der Waals surface area contributed by atoms with E-state index in [0.29, 0.717) is 17.1 Å². The number of benzene rings is 2. The molecule has 9 heteroatoms. The van der Waals surface area contributed by atoms with E-state index < -0.39 is 22.9 Å². The van der Waals surface area contributed by atoms with E-state index in [2.05, 4.69) is 11.9 Å². The molecule has 1 unspecified atom stereocenters. The number of nitrogens with zero attached hydrogens (tertiary/aromatic N) is 1. The highest BCUT2D eigenvalue weighted by atomic mass is 16.6. The molecule has 1 atom stereocenters. The van der Waals surface area contributed by atoms with Crippen LogP contribution in [0.5, 0.6) is 11.5 Å². The van der Waals surface area contributed by atoms with E-state index in [1.165, 1.54) is 38.5 Å². The topological polar surface area (TPSA) is 117 Å². The van der Waals surface area contributed by atoms with Gasteiger partial charge in [0.25, 0.3) is 11.6 Å². The predicted octanol–water partition coefficient (Wildman–Crippen LogP) is 2.70. The molecule has 1 amide bonds. The van der Waals surface area contributed by atoms with Gasteiger partial charge < -0.3 is 19.5 Å². The van der Waals surface area contributed by atoms with Crippen LogP contribution in [0.3, 0.4) is 0 Å². The number of nitro benzene ring substituents is 1. The molecule has 0 heterocycles. The number of ether oxygens (including phenoxy) is 3. The molecule has 2 rings (SSSR count). The molecule has 1 N–H and O–H groups in total. The molecule has 29 heavy (non-hydrogen) atoms. The lowest BCUT2D eigenvalue weighted by atomic mass is 10.1. The third kappa shape index (κ3) is 5.32. The third-order valence-corrected chi connectivity index (χ3v) is 3.98. The molecule has 0 spiro atoms. The minimum atomic E-state index is -1.31. The van der Waals surface area contributed by atoms with Crippen molar-refractivity contribution in [1.82, 2.24) is 5.32 Å². The Kier molecular flexibility index (Phi) is 7.30. The van der Waals surface area contributed by atoms with Crippen LogP contribution in [0.2, 0.25) is 0 Å². The van der Waals surface area contributed by atoms with Gasteiger partial charge in [0.1, 0.15) is 0 Å². The number of rotatable bonds is 9. The molecule has 0 bridgehead atoms. The minimum absolute atomic E-state index is 0.0777. The highest BCUT2D eigenvalue weighted by Gasteiger charge is 2.25. The zero-order valence-electron chi connectivity index (χ0n) is 15.9. The summed E-state index contributed by atoms with van der Waals surface area (Å²) in [5.41, 5.74) is 0.780. The van der Waals surface area contributed by atoms with Crippen LogP contribution in [-0.2, 0) is 20.9 Å². The molecule has 0 aliphatic rings. The number of hydrogen-bond donors (Lipinski definition) is 1. The largest absolute Gasteiger partial charge is 0.493 e. The molecule has 0 radical (unpaired) electrons. The average Bonchev–Trinajstić information content (AvgIpc) is 2.75. The lowest BCUT2D eigenvalue weighted by Gasteiger charge is -2.18. The molecule has 0 aliphatic heterocycles. The van der Waals surface area contributed by atoms with Gasteiger partial charge in [-0.15, -0.1) is 0 Å². The lowest BCUT2D eigenvalue weighted by Crippen LogP contribution is -2.31. The van der Waals surface area contributed by atoms with Gasteiger partial charge in [-0.05, 0) is 18.2 Å². The highest BCUT2D eigenvalue weighted by Crippen LogP contribution is 2.30. The summed E-state index contributed by atoms with van der Waals surface area (Å²) in [5.74, 6) is -0.448.